The molecule has 0 spiro atoms. The van der Waals surface area contributed by atoms with Gasteiger partial charge in [-0.1, -0.05) is 42.8 Å². The van der Waals surface area contributed by atoms with Crippen molar-refractivity contribution in [1.29, 1.82) is 0 Å². The fourth-order valence-corrected chi connectivity index (χ4v) is 4.58. The fraction of sp³-hybridized carbons (Fsp3) is 0.464. The Morgan fingerprint density at radius 1 is 0.781 bits per heavy atom. The third kappa shape index (κ3) is 6.70. The number of carbonyl (C=O) groups excluding carboxylic acids is 1. The number of piperidine rings is 2. The number of ether oxygens (including phenoxy) is 1. The second-order valence-electron chi connectivity index (χ2n) is 8.97. The van der Waals surface area contributed by atoms with Crippen molar-refractivity contribution >= 4 is 12.0 Å². The van der Waals surface area contributed by atoms with E-state index in [1.165, 1.54) is 49.9 Å². The van der Waals surface area contributed by atoms with Gasteiger partial charge in [-0.15, -0.1) is 0 Å². The van der Waals surface area contributed by atoms with Crippen LogP contribution in [0.1, 0.15) is 50.5 Å². The van der Waals surface area contributed by atoms with E-state index in [0.29, 0.717) is 0 Å². The minimum absolute atomic E-state index is 0.125. The SMILES string of the molecule is O=C(/C=C/c1ccc(-c2ccc(OCCCN3CCCCC3)cc2)cc1)N1CCCCC1. The summed E-state index contributed by atoms with van der Waals surface area (Å²) in [5.41, 5.74) is 3.39. The van der Waals surface area contributed by atoms with Gasteiger partial charge in [0.2, 0.25) is 5.91 Å². The normalized spacial score (nSPS) is 17.6. The molecule has 32 heavy (non-hydrogen) atoms. The maximum absolute atomic E-state index is 12.3. The Kier molecular flexibility index (Phi) is 8.38. The topological polar surface area (TPSA) is 32.8 Å². The highest BCUT2D eigenvalue weighted by Crippen LogP contribution is 2.23. The summed E-state index contributed by atoms with van der Waals surface area (Å²) < 4.78 is 5.94. The van der Waals surface area contributed by atoms with Crippen LogP contribution in [0, 0.1) is 0 Å². The predicted octanol–water partition coefficient (Wildman–Crippen LogP) is 5.63. The molecule has 2 aromatic carbocycles. The van der Waals surface area contributed by atoms with E-state index < -0.39 is 0 Å². The first-order chi connectivity index (χ1) is 15.8. The lowest BCUT2D eigenvalue weighted by Gasteiger charge is -2.26. The molecule has 0 saturated carbocycles. The molecule has 0 radical (unpaired) electrons. The quantitative estimate of drug-likeness (QED) is 0.400. The van der Waals surface area contributed by atoms with Crippen LogP contribution in [0.2, 0.25) is 0 Å². The Bertz CT molecular complexity index is 861. The van der Waals surface area contributed by atoms with Gasteiger partial charge in [-0.3, -0.25) is 4.79 Å². The van der Waals surface area contributed by atoms with Crippen LogP contribution < -0.4 is 4.74 Å². The summed E-state index contributed by atoms with van der Waals surface area (Å²) in [6.45, 7) is 6.19. The smallest absolute Gasteiger partial charge is 0.246 e. The van der Waals surface area contributed by atoms with Crippen LogP contribution >= 0.6 is 0 Å². The molecule has 2 aliphatic rings. The number of carbonyl (C=O) groups is 1. The van der Waals surface area contributed by atoms with E-state index in [9.17, 15) is 4.79 Å². The van der Waals surface area contributed by atoms with Crippen molar-refractivity contribution < 1.29 is 9.53 Å². The molecule has 2 aliphatic heterocycles. The van der Waals surface area contributed by atoms with Crippen LogP contribution in [0.5, 0.6) is 5.75 Å². The molecule has 0 unspecified atom stereocenters. The predicted molar refractivity (Wildman–Crippen MR) is 132 cm³/mol. The van der Waals surface area contributed by atoms with E-state index in [4.69, 9.17) is 4.74 Å². The second kappa shape index (κ2) is 11.9. The fourth-order valence-electron chi connectivity index (χ4n) is 4.58. The van der Waals surface area contributed by atoms with Gasteiger partial charge < -0.3 is 14.5 Å². The van der Waals surface area contributed by atoms with Gasteiger partial charge >= 0.3 is 0 Å². The van der Waals surface area contributed by atoms with Gasteiger partial charge in [0.15, 0.2) is 0 Å². The minimum Gasteiger partial charge on any atom is -0.494 e. The zero-order valence-electron chi connectivity index (χ0n) is 19.2. The Hall–Kier alpha value is -2.59. The van der Waals surface area contributed by atoms with E-state index in [-0.39, 0.29) is 5.91 Å². The summed E-state index contributed by atoms with van der Waals surface area (Å²) in [7, 11) is 0. The monoisotopic (exact) mass is 432 g/mol. The number of hydrogen-bond acceptors (Lipinski definition) is 3. The van der Waals surface area contributed by atoms with Crippen LogP contribution in [0.3, 0.4) is 0 Å². The third-order valence-electron chi connectivity index (χ3n) is 6.52. The van der Waals surface area contributed by atoms with Crippen molar-refractivity contribution in [1.82, 2.24) is 9.80 Å². The number of amides is 1. The van der Waals surface area contributed by atoms with E-state index in [1.807, 2.05) is 11.0 Å². The molecule has 0 atom stereocenters. The van der Waals surface area contributed by atoms with E-state index in [2.05, 4.69) is 53.4 Å². The molecule has 170 valence electrons. The number of rotatable bonds is 8. The summed E-state index contributed by atoms with van der Waals surface area (Å²) in [5, 5.41) is 0. The molecule has 0 aromatic heterocycles. The van der Waals surface area contributed by atoms with Gasteiger partial charge in [0.25, 0.3) is 0 Å². The second-order valence-corrected chi connectivity index (χ2v) is 8.97. The molecule has 4 heteroatoms. The third-order valence-corrected chi connectivity index (χ3v) is 6.52. The van der Waals surface area contributed by atoms with Crippen molar-refractivity contribution in [3.8, 4) is 16.9 Å². The lowest BCUT2D eigenvalue weighted by Crippen LogP contribution is -2.34. The van der Waals surface area contributed by atoms with Crippen molar-refractivity contribution in [3.63, 3.8) is 0 Å². The highest BCUT2D eigenvalue weighted by molar-refractivity contribution is 5.91. The molecule has 4 nitrogen and oxygen atoms in total. The summed E-state index contributed by atoms with van der Waals surface area (Å²) in [4.78, 5) is 16.8. The molecule has 0 aliphatic carbocycles. The van der Waals surface area contributed by atoms with Crippen LogP contribution in [-0.4, -0.2) is 55.0 Å². The molecule has 0 N–H and O–H groups in total. The highest BCUT2D eigenvalue weighted by atomic mass is 16.5. The average Bonchev–Trinajstić information content (AvgIpc) is 2.87. The Morgan fingerprint density at radius 3 is 2.03 bits per heavy atom. The summed E-state index contributed by atoms with van der Waals surface area (Å²) in [6, 6.07) is 16.7. The lowest BCUT2D eigenvalue weighted by molar-refractivity contribution is -0.126. The number of hydrogen-bond donors (Lipinski definition) is 0. The summed E-state index contributed by atoms with van der Waals surface area (Å²) in [5.74, 6) is 1.06. The molecular weight excluding hydrogens is 396 g/mol. The van der Waals surface area contributed by atoms with Crippen LogP contribution in [-0.2, 0) is 4.79 Å². The van der Waals surface area contributed by atoms with E-state index in [1.54, 1.807) is 6.08 Å². The summed E-state index contributed by atoms with van der Waals surface area (Å²) >= 11 is 0. The number of benzene rings is 2. The van der Waals surface area contributed by atoms with Gasteiger partial charge in [-0.05, 0) is 86.5 Å². The first kappa shape index (κ1) is 22.6. The van der Waals surface area contributed by atoms with Crippen molar-refractivity contribution in [3.05, 3.63) is 60.2 Å². The lowest BCUT2D eigenvalue weighted by atomic mass is 10.0. The van der Waals surface area contributed by atoms with Gasteiger partial charge in [-0.25, -0.2) is 0 Å². The maximum atomic E-state index is 12.3. The molecule has 2 aromatic rings. The van der Waals surface area contributed by atoms with Gasteiger partial charge in [0.05, 0.1) is 6.61 Å². The standard InChI is InChI=1S/C28H36N2O2/c31-28(30-21-5-2-6-22-30)17-10-24-8-11-25(12-9-24)26-13-15-27(16-14-26)32-23-7-20-29-18-3-1-4-19-29/h8-17H,1-7,18-23H2/b17-10+. The summed E-state index contributed by atoms with van der Waals surface area (Å²) in [6.07, 6.45) is 12.3. The van der Waals surface area contributed by atoms with Crippen molar-refractivity contribution in [2.75, 3.05) is 39.3 Å². The van der Waals surface area contributed by atoms with Crippen LogP contribution in [0.25, 0.3) is 17.2 Å². The van der Waals surface area contributed by atoms with Gasteiger partial charge in [-0.2, -0.15) is 0 Å². The van der Waals surface area contributed by atoms with E-state index in [0.717, 1.165) is 56.8 Å². The molecular formula is C28H36N2O2. The molecule has 2 fully saturated rings. The maximum Gasteiger partial charge on any atom is 0.246 e. The first-order valence-corrected chi connectivity index (χ1v) is 12.3. The molecule has 2 heterocycles. The Morgan fingerprint density at radius 2 is 1.38 bits per heavy atom. The van der Waals surface area contributed by atoms with E-state index >= 15 is 0 Å². The van der Waals surface area contributed by atoms with Crippen molar-refractivity contribution in [2.24, 2.45) is 0 Å². The average molecular weight is 433 g/mol. The molecule has 4 rings (SSSR count). The Balaban J connectivity index is 1.23. The van der Waals surface area contributed by atoms with Crippen LogP contribution in [0.4, 0.5) is 0 Å². The number of likely N-dealkylation sites (tertiary alicyclic amines) is 2. The Labute approximate surface area is 192 Å². The number of nitrogens with zero attached hydrogens (tertiary/aromatic N) is 2. The largest absolute Gasteiger partial charge is 0.494 e. The highest BCUT2D eigenvalue weighted by Gasteiger charge is 2.13. The van der Waals surface area contributed by atoms with Crippen molar-refractivity contribution in [2.45, 2.75) is 44.9 Å². The van der Waals surface area contributed by atoms with Gasteiger partial charge in [0, 0.05) is 25.7 Å². The van der Waals surface area contributed by atoms with Crippen LogP contribution in [0.15, 0.2) is 54.6 Å². The molecule has 1 amide bonds. The molecule has 0 bridgehead atoms. The zero-order chi connectivity index (χ0) is 22.0. The molecule has 2 saturated heterocycles. The first-order valence-electron chi connectivity index (χ1n) is 12.3. The zero-order valence-corrected chi connectivity index (χ0v) is 19.2. The van der Waals surface area contributed by atoms with Gasteiger partial charge in [0.1, 0.15) is 5.75 Å². The minimum atomic E-state index is 0.125.